The van der Waals surface area contributed by atoms with Crippen LogP contribution >= 0.6 is 0 Å². The summed E-state index contributed by atoms with van der Waals surface area (Å²) < 4.78 is 0. The first kappa shape index (κ1) is 18.2. The smallest absolute Gasteiger partial charge is 0.313 e. The van der Waals surface area contributed by atoms with E-state index in [1.165, 1.54) is 17.7 Å². The average Bonchev–Trinajstić information content (AvgIpc) is 2.96. The zero-order chi connectivity index (χ0) is 19.2. The standard InChI is InChI=1S/C22H28N2O3/c1-22(18-13-10-15-8-11-16(18)12-9-15)20(26)24(21(27)23(22)2)14-19(25)17-6-4-3-5-7-17/h3-7,15-16,18H,8-14H2,1-2H3. The summed E-state index contributed by atoms with van der Waals surface area (Å²) in [6.07, 6.45) is 6.95. The van der Waals surface area contributed by atoms with Crippen LogP contribution in [0.1, 0.15) is 55.8 Å². The minimum absolute atomic E-state index is 0.179. The zero-order valence-corrected chi connectivity index (χ0v) is 16.2. The summed E-state index contributed by atoms with van der Waals surface area (Å²) in [6.45, 7) is 1.74. The van der Waals surface area contributed by atoms with Gasteiger partial charge in [-0.2, -0.15) is 0 Å². The molecule has 2 bridgehead atoms. The molecule has 0 radical (unpaired) electrons. The van der Waals surface area contributed by atoms with Gasteiger partial charge in [-0.1, -0.05) is 49.6 Å². The van der Waals surface area contributed by atoms with E-state index in [0.29, 0.717) is 11.5 Å². The predicted molar refractivity (Wildman–Crippen MR) is 102 cm³/mol. The fraction of sp³-hybridized carbons (Fsp3) is 0.591. The van der Waals surface area contributed by atoms with Crippen LogP contribution in [0.3, 0.4) is 0 Å². The maximum absolute atomic E-state index is 13.4. The Bertz CT molecular complexity index is 754. The van der Waals surface area contributed by atoms with E-state index in [1.807, 2.05) is 13.0 Å². The third-order valence-electron chi connectivity index (χ3n) is 7.36. The Balaban J connectivity index is 1.59. The molecule has 1 heterocycles. The summed E-state index contributed by atoms with van der Waals surface area (Å²) in [7, 11) is 1.73. The first-order valence-electron chi connectivity index (χ1n) is 10.1. The monoisotopic (exact) mass is 368 g/mol. The molecule has 5 rings (SSSR count). The molecule has 144 valence electrons. The average molecular weight is 368 g/mol. The molecular formula is C22H28N2O3. The highest BCUT2D eigenvalue weighted by atomic mass is 16.2. The number of hydrogen-bond donors (Lipinski definition) is 0. The van der Waals surface area contributed by atoms with Gasteiger partial charge in [-0.05, 0) is 43.9 Å². The van der Waals surface area contributed by atoms with Gasteiger partial charge in [-0.15, -0.1) is 0 Å². The first-order chi connectivity index (χ1) is 12.9. The van der Waals surface area contributed by atoms with Gasteiger partial charge in [0.2, 0.25) is 0 Å². The number of urea groups is 1. The molecule has 3 amide bonds. The second kappa shape index (κ2) is 6.77. The number of Topliss-reactive ketones (excluding diaryl/α,β-unsaturated/α-hetero) is 1. The van der Waals surface area contributed by atoms with Crippen LogP contribution in [0.5, 0.6) is 0 Å². The first-order valence-corrected chi connectivity index (χ1v) is 10.1. The molecule has 1 aromatic rings. The van der Waals surface area contributed by atoms with E-state index >= 15 is 0 Å². The molecule has 2 atom stereocenters. The van der Waals surface area contributed by atoms with Crippen LogP contribution in [0, 0.1) is 17.8 Å². The molecule has 3 aliphatic carbocycles. The third-order valence-corrected chi connectivity index (χ3v) is 7.36. The molecule has 4 aliphatic rings. The second-order valence-corrected chi connectivity index (χ2v) is 8.63. The van der Waals surface area contributed by atoms with Gasteiger partial charge in [-0.3, -0.25) is 14.5 Å². The van der Waals surface area contributed by atoms with Crippen molar-refractivity contribution in [2.24, 2.45) is 17.8 Å². The maximum Gasteiger partial charge on any atom is 0.327 e. The number of amides is 3. The number of carbonyl (C=O) groups excluding carboxylic acids is 3. The van der Waals surface area contributed by atoms with Gasteiger partial charge in [0.05, 0.1) is 6.54 Å². The third kappa shape index (κ3) is 2.88. The fourth-order valence-electron chi connectivity index (χ4n) is 5.56. The Morgan fingerprint density at radius 1 is 1.04 bits per heavy atom. The molecule has 0 spiro atoms. The largest absolute Gasteiger partial charge is 0.327 e. The number of nitrogens with zero attached hydrogens (tertiary/aromatic N) is 2. The minimum Gasteiger partial charge on any atom is -0.313 e. The summed E-state index contributed by atoms with van der Waals surface area (Å²) in [5.41, 5.74) is -0.305. The quantitative estimate of drug-likeness (QED) is 0.601. The summed E-state index contributed by atoms with van der Waals surface area (Å²) in [5, 5.41) is 0. The van der Waals surface area contributed by atoms with Gasteiger partial charge < -0.3 is 4.90 Å². The Hall–Kier alpha value is -2.17. The van der Waals surface area contributed by atoms with Gasteiger partial charge >= 0.3 is 6.03 Å². The van der Waals surface area contributed by atoms with Crippen molar-refractivity contribution in [3.63, 3.8) is 0 Å². The zero-order valence-electron chi connectivity index (χ0n) is 16.2. The van der Waals surface area contributed by atoms with E-state index in [2.05, 4.69) is 0 Å². The molecule has 0 aromatic heterocycles. The van der Waals surface area contributed by atoms with Crippen LogP contribution in [0.2, 0.25) is 0 Å². The lowest BCUT2D eigenvalue weighted by molar-refractivity contribution is -0.135. The summed E-state index contributed by atoms with van der Waals surface area (Å²) in [5.74, 6) is 1.07. The highest BCUT2D eigenvalue weighted by Crippen LogP contribution is 2.49. The Kier molecular flexibility index (Phi) is 4.57. The lowest BCUT2D eigenvalue weighted by Gasteiger charge is -2.40. The van der Waals surface area contributed by atoms with Crippen molar-refractivity contribution in [1.82, 2.24) is 9.80 Å². The van der Waals surface area contributed by atoms with Crippen molar-refractivity contribution in [2.45, 2.75) is 51.0 Å². The lowest BCUT2D eigenvalue weighted by Crippen LogP contribution is -2.53. The Morgan fingerprint density at radius 3 is 2.33 bits per heavy atom. The number of imide groups is 1. The summed E-state index contributed by atoms with van der Waals surface area (Å²) >= 11 is 0. The molecule has 1 aromatic carbocycles. The van der Waals surface area contributed by atoms with Crippen LogP contribution in [0.4, 0.5) is 4.79 Å². The molecule has 4 fully saturated rings. The van der Waals surface area contributed by atoms with Crippen molar-refractivity contribution >= 4 is 17.7 Å². The molecular weight excluding hydrogens is 340 g/mol. The number of ketones is 1. The van der Waals surface area contributed by atoms with Crippen LogP contribution in [0.25, 0.3) is 0 Å². The number of carbonyl (C=O) groups is 3. The van der Waals surface area contributed by atoms with Crippen molar-refractivity contribution < 1.29 is 14.4 Å². The Labute approximate surface area is 160 Å². The number of fused-ring (bicyclic) bond motifs is 4. The molecule has 3 saturated carbocycles. The summed E-state index contributed by atoms with van der Waals surface area (Å²) in [4.78, 5) is 41.7. The van der Waals surface area contributed by atoms with Crippen LogP contribution in [-0.2, 0) is 4.79 Å². The van der Waals surface area contributed by atoms with E-state index in [0.717, 1.165) is 31.6 Å². The van der Waals surface area contributed by atoms with Crippen LogP contribution < -0.4 is 0 Å². The van der Waals surface area contributed by atoms with Crippen molar-refractivity contribution in [2.75, 3.05) is 13.6 Å². The number of rotatable bonds is 4. The van der Waals surface area contributed by atoms with Gasteiger partial charge in [-0.25, -0.2) is 4.79 Å². The molecule has 27 heavy (non-hydrogen) atoms. The molecule has 0 N–H and O–H groups in total. The number of hydrogen-bond acceptors (Lipinski definition) is 3. The van der Waals surface area contributed by atoms with E-state index in [1.54, 1.807) is 36.2 Å². The highest BCUT2D eigenvalue weighted by Gasteiger charge is 2.59. The molecule has 5 nitrogen and oxygen atoms in total. The molecule has 2 unspecified atom stereocenters. The van der Waals surface area contributed by atoms with Crippen molar-refractivity contribution in [1.29, 1.82) is 0 Å². The normalized spacial score (nSPS) is 33.5. The van der Waals surface area contributed by atoms with E-state index in [-0.39, 0.29) is 30.2 Å². The van der Waals surface area contributed by atoms with Gasteiger partial charge in [0.1, 0.15) is 5.54 Å². The van der Waals surface area contributed by atoms with E-state index in [4.69, 9.17) is 0 Å². The van der Waals surface area contributed by atoms with Crippen LogP contribution in [-0.4, -0.2) is 46.7 Å². The van der Waals surface area contributed by atoms with E-state index < -0.39 is 5.54 Å². The predicted octanol–water partition coefficient (Wildman–Crippen LogP) is 3.74. The second-order valence-electron chi connectivity index (χ2n) is 8.63. The highest BCUT2D eigenvalue weighted by molar-refractivity contribution is 6.11. The number of benzene rings is 1. The van der Waals surface area contributed by atoms with Crippen LogP contribution in [0.15, 0.2) is 30.3 Å². The van der Waals surface area contributed by atoms with Gasteiger partial charge in [0, 0.05) is 12.6 Å². The minimum atomic E-state index is -0.835. The SMILES string of the molecule is CN1C(=O)N(CC(=O)c2ccccc2)C(=O)C1(C)C1CCC2CCC1CC2. The molecule has 5 heteroatoms. The maximum atomic E-state index is 13.4. The van der Waals surface area contributed by atoms with E-state index in [9.17, 15) is 14.4 Å². The van der Waals surface area contributed by atoms with Crippen molar-refractivity contribution in [3.8, 4) is 0 Å². The Morgan fingerprint density at radius 2 is 1.67 bits per heavy atom. The topological polar surface area (TPSA) is 57.7 Å². The summed E-state index contributed by atoms with van der Waals surface area (Å²) in [6, 6.07) is 8.53. The molecule has 1 saturated heterocycles. The van der Waals surface area contributed by atoms with Gasteiger partial charge in [0.15, 0.2) is 5.78 Å². The van der Waals surface area contributed by atoms with Crippen molar-refractivity contribution in [3.05, 3.63) is 35.9 Å². The number of likely N-dealkylation sites (N-methyl/N-ethyl adjacent to an activating group) is 1. The van der Waals surface area contributed by atoms with Gasteiger partial charge in [0.25, 0.3) is 5.91 Å². The fourth-order valence-corrected chi connectivity index (χ4v) is 5.56. The molecule has 1 aliphatic heterocycles. The lowest BCUT2D eigenvalue weighted by atomic mass is 9.71.